The molecule has 9 nitrogen and oxygen atoms in total. The molecule has 1 unspecified atom stereocenters. The number of hydrogen-bond donors (Lipinski definition) is 3. The van der Waals surface area contributed by atoms with Gasteiger partial charge >= 0.3 is 5.97 Å². The topological polar surface area (TPSA) is 105 Å². The molecule has 1 aromatic carbocycles. The van der Waals surface area contributed by atoms with E-state index in [1.165, 1.54) is 13.2 Å². The number of rotatable bonds is 4. The molecule has 34 heavy (non-hydrogen) atoms. The van der Waals surface area contributed by atoms with Gasteiger partial charge in [-0.05, 0) is 40.0 Å². The molecule has 3 rings (SSSR count). The van der Waals surface area contributed by atoms with Crippen molar-refractivity contribution < 1.29 is 24.2 Å². The van der Waals surface area contributed by atoms with Crippen LogP contribution in [-0.2, 0) is 15.3 Å². The lowest BCUT2D eigenvalue weighted by atomic mass is 10.0. The van der Waals surface area contributed by atoms with Gasteiger partial charge in [-0.15, -0.1) is 5.06 Å². The van der Waals surface area contributed by atoms with Crippen molar-refractivity contribution in [1.29, 1.82) is 0 Å². The number of phenolic OH excluding ortho intramolecular Hbond substituents is 1. The highest BCUT2D eigenvalue weighted by Crippen LogP contribution is 2.35. The van der Waals surface area contributed by atoms with Crippen molar-refractivity contribution in [2.24, 2.45) is 4.99 Å². The van der Waals surface area contributed by atoms with Crippen LogP contribution < -0.4 is 15.4 Å². The van der Waals surface area contributed by atoms with Gasteiger partial charge in [-0.3, -0.25) is 5.32 Å². The number of nitrogens with one attached hydrogen (secondary N) is 2. The summed E-state index contributed by atoms with van der Waals surface area (Å²) in [6, 6.07) is 1.53. The number of esters is 1. The SMILES string of the molecule is COc1cc(O)c2c(c1C)C(=O)OCCCCC(=S)N[C@H](C1=NC(NC(C)C)N(C)O1)CSC2. The Bertz CT molecular complexity index is 940. The second kappa shape index (κ2) is 12.1. The van der Waals surface area contributed by atoms with E-state index in [9.17, 15) is 9.90 Å². The van der Waals surface area contributed by atoms with Crippen molar-refractivity contribution in [2.75, 3.05) is 26.5 Å². The number of methoxy groups -OCH3 is 1. The van der Waals surface area contributed by atoms with Gasteiger partial charge in [0.25, 0.3) is 0 Å². The molecule has 3 N–H and O–H groups in total. The number of fused-ring (bicyclic) bond motifs is 1. The highest BCUT2D eigenvalue weighted by molar-refractivity contribution is 7.98. The summed E-state index contributed by atoms with van der Waals surface area (Å²) in [5, 5.41) is 19.1. The van der Waals surface area contributed by atoms with Crippen molar-refractivity contribution >= 4 is 40.8 Å². The number of phenols is 1. The van der Waals surface area contributed by atoms with Crippen molar-refractivity contribution in [3.05, 3.63) is 22.8 Å². The number of thiocarbonyl (C=S) groups is 1. The van der Waals surface area contributed by atoms with E-state index in [4.69, 9.17) is 31.5 Å². The van der Waals surface area contributed by atoms with Gasteiger partial charge in [-0.25, -0.2) is 9.79 Å². The Balaban J connectivity index is 1.87. The van der Waals surface area contributed by atoms with Crippen molar-refractivity contribution in [2.45, 2.75) is 64.2 Å². The third-order valence-corrected chi connectivity index (χ3v) is 6.94. The lowest BCUT2D eigenvalue weighted by molar-refractivity contribution is -0.0708. The number of hydrogen-bond acceptors (Lipinski definition) is 10. The van der Waals surface area contributed by atoms with Crippen LogP contribution >= 0.6 is 24.0 Å². The minimum atomic E-state index is -0.454. The number of aliphatic imine (C=N–C) groups is 1. The van der Waals surface area contributed by atoms with Crippen molar-refractivity contribution in [3.8, 4) is 11.5 Å². The fraction of sp³-hybridized carbons (Fsp3) is 0.609. The van der Waals surface area contributed by atoms with Crippen LogP contribution in [0.2, 0.25) is 0 Å². The largest absolute Gasteiger partial charge is 0.507 e. The second-order valence-electron chi connectivity index (χ2n) is 8.60. The van der Waals surface area contributed by atoms with Gasteiger partial charge in [0, 0.05) is 41.8 Å². The van der Waals surface area contributed by atoms with E-state index in [0.29, 0.717) is 57.7 Å². The monoisotopic (exact) mass is 510 g/mol. The summed E-state index contributed by atoms with van der Waals surface area (Å²) in [7, 11) is 3.35. The van der Waals surface area contributed by atoms with Crippen LogP contribution in [0.5, 0.6) is 11.5 Å². The highest BCUT2D eigenvalue weighted by Gasteiger charge is 2.32. The summed E-state index contributed by atoms with van der Waals surface area (Å²) in [6.07, 6.45) is 1.85. The first-order valence-electron chi connectivity index (χ1n) is 11.4. The van der Waals surface area contributed by atoms with E-state index in [0.717, 1.165) is 6.42 Å². The zero-order valence-corrected chi connectivity index (χ0v) is 22.0. The number of nitrogens with zero attached hydrogens (tertiary/aromatic N) is 2. The van der Waals surface area contributed by atoms with Crippen LogP contribution in [0.4, 0.5) is 0 Å². The Morgan fingerprint density at radius 3 is 2.88 bits per heavy atom. The Hall–Kier alpha value is -2.08. The van der Waals surface area contributed by atoms with Gasteiger partial charge < -0.3 is 24.7 Å². The van der Waals surface area contributed by atoms with Crippen LogP contribution in [-0.4, -0.2) is 71.9 Å². The normalized spacial score (nSPS) is 22.8. The fourth-order valence-electron chi connectivity index (χ4n) is 3.79. The van der Waals surface area contributed by atoms with E-state index in [2.05, 4.69) is 24.5 Å². The predicted molar refractivity (Wildman–Crippen MR) is 138 cm³/mol. The lowest BCUT2D eigenvalue weighted by Crippen LogP contribution is -2.43. The quantitative estimate of drug-likeness (QED) is 0.413. The van der Waals surface area contributed by atoms with Gasteiger partial charge in [0.1, 0.15) is 17.5 Å². The first-order chi connectivity index (χ1) is 16.2. The first-order valence-corrected chi connectivity index (χ1v) is 13.0. The molecule has 2 aliphatic heterocycles. The van der Waals surface area contributed by atoms with E-state index >= 15 is 0 Å². The van der Waals surface area contributed by atoms with Crippen LogP contribution in [0, 0.1) is 6.92 Å². The Kier molecular flexibility index (Phi) is 9.40. The molecule has 0 fully saturated rings. The van der Waals surface area contributed by atoms with Gasteiger partial charge in [0.05, 0.1) is 24.3 Å². The number of ether oxygens (including phenoxy) is 2. The molecular formula is C23H34N4O5S2. The van der Waals surface area contributed by atoms with Gasteiger partial charge in [0.15, 0.2) is 6.29 Å². The molecular weight excluding hydrogens is 476 g/mol. The minimum absolute atomic E-state index is 0.00409. The maximum absolute atomic E-state index is 12.9. The molecule has 0 aromatic heterocycles. The summed E-state index contributed by atoms with van der Waals surface area (Å²) in [5.41, 5.74) is 1.53. The average molecular weight is 511 g/mol. The summed E-state index contributed by atoms with van der Waals surface area (Å²) in [5.74, 6) is 1.51. The molecule has 0 saturated carbocycles. The average Bonchev–Trinajstić information content (AvgIpc) is 3.13. The van der Waals surface area contributed by atoms with Crippen LogP contribution in [0.1, 0.15) is 54.6 Å². The first kappa shape index (κ1) is 26.5. The number of aromatic hydroxyl groups is 1. The smallest absolute Gasteiger partial charge is 0.338 e. The van der Waals surface area contributed by atoms with Gasteiger partial charge in [-0.2, -0.15) is 11.8 Å². The molecule has 0 amide bonds. The maximum atomic E-state index is 12.9. The molecule has 2 aliphatic rings. The zero-order chi connectivity index (χ0) is 24.8. The third kappa shape index (κ3) is 6.53. The molecule has 0 bridgehead atoms. The predicted octanol–water partition coefficient (Wildman–Crippen LogP) is 3.13. The minimum Gasteiger partial charge on any atom is -0.507 e. The molecule has 0 saturated heterocycles. The summed E-state index contributed by atoms with van der Waals surface area (Å²) in [4.78, 5) is 24.3. The van der Waals surface area contributed by atoms with Crippen LogP contribution in [0.25, 0.3) is 0 Å². The second-order valence-corrected chi connectivity index (χ2v) is 10.1. The van der Waals surface area contributed by atoms with E-state index < -0.39 is 5.97 Å². The molecule has 2 atom stereocenters. The number of hydroxylamine groups is 2. The number of cyclic esters (lactones) is 1. The molecule has 11 heteroatoms. The number of benzene rings is 1. The Morgan fingerprint density at radius 1 is 1.41 bits per heavy atom. The number of carbonyl (C=O) groups excluding carboxylic acids is 1. The van der Waals surface area contributed by atoms with Crippen LogP contribution in [0.3, 0.4) is 0 Å². The van der Waals surface area contributed by atoms with Crippen molar-refractivity contribution in [3.63, 3.8) is 0 Å². The van der Waals surface area contributed by atoms with Crippen molar-refractivity contribution in [1.82, 2.24) is 15.7 Å². The molecule has 0 aliphatic carbocycles. The summed E-state index contributed by atoms with van der Waals surface area (Å²) >= 11 is 7.11. The third-order valence-electron chi connectivity index (χ3n) is 5.56. The fourth-order valence-corrected chi connectivity index (χ4v) is 5.16. The highest BCUT2D eigenvalue weighted by atomic mass is 32.2. The Labute approximate surface area is 210 Å². The van der Waals surface area contributed by atoms with Gasteiger partial charge in [0.2, 0.25) is 5.90 Å². The van der Waals surface area contributed by atoms with E-state index in [1.54, 1.807) is 23.7 Å². The molecule has 0 spiro atoms. The molecule has 0 radical (unpaired) electrons. The summed E-state index contributed by atoms with van der Waals surface area (Å²) < 4.78 is 10.9. The molecule has 2 heterocycles. The van der Waals surface area contributed by atoms with E-state index in [1.807, 2.05) is 7.05 Å². The number of thioether (sulfide) groups is 1. The van der Waals surface area contributed by atoms with Gasteiger partial charge in [-0.1, -0.05) is 12.2 Å². The maximum Gasteiger partial charge on any atom is 0.338 e. The van der Waals surface area contributed by atoms with Crippen LogP contribution in [0.15, 0.2) is 11.1 Å². The lowest BCUT2D eigenvalue weighted by Gasteiger charge is -2.22. The zero-order valence-electron chi connectivity index (χ0n) is 20.3. The molecule has 188 valence electrons. The summed E-state index contributed by atoms with van der Waals surface area (Å²) in [6.45, 7) is 6.18. The molecule has 1 aromatic rings. The van der Waals surface area contributed by atoms with E-state index in [-0.39, 0.29) is 30.7 Å². The number of carbonyl (C=O) groups is 1. The Morgan fingerprint density at radius 2 is 2.18 bits per heavy atom. The standard InChI is InChI=1S/C23H34N4O5S2/c1-13(2)24-23-26-21(32-27(23)4)16-12-34-11-15-17(28)10-18(30-5)14(3)20(15)22(29)31-9-7-6-8-19(33)25-16/h10,13,16,23-24,28H,6-9,11-12H2,1-5H3,(H,25,33)/t16-,23?/m0/s1.